The highest BCUT2D eigenvalue weighted by molar-refractivity contribution is 4.91. The van der Waals surface area contributed by atoms with Gasteiger partial charge in [-0.15, -0.1) is 0 Å². The lowest BCUT2D eigenvalue weighted by Crippen LogP contribution is -2.55. The van der Waals surface area contributed by atoms with E-state index in [0.717, 1.165) is 0 Å². The molecule has 0 aliphatic carbocycles. The maximum Gasteiger partial charge on any atom is 0.266 e. The Balaban J connectivity index is 2.72. The highest BCUT2D eigenvalue weighted by Gasteiger charge is 2.46. The number of rotatable bonds is 1. The Hall–Kier alpha value is -0.160. The standard InChI is InChI=1S/C8H16O4/c1-5-7(10)8(2,11-3)4-6(9)12-5/h5-7,9-10H,4H2,1-3H3/p+1/t5?,6-,7+,8?/m1/s1. The van der Waals surface area contributed by atoms with Gasteiger partial charge in [0.05, 0.1) is 12.5 Å². The molecule has 4 nitrogen and oxygen atoms in total. The van der Waals surface area contributed by atoms with Gasteiger partial charge in [0.2, 0.25) is 0 Å². The van der Waals surface area contributed by atoms with Crippen molar-refractivity contribution in [1.29, 1.82) is 0 Å². The van der Waals surface area contributed by atoms with Crippen LogP contribution in [0.25, 0.3) is 0 Å². The molecule has 0 aromatic heterocycles. The molecule has 72 valence electrons. The van der Waals surface area contributed by atoms with Gasteiger partial charge in [-0.05, 0) is 13.8 Å². The van der Waals surface area contributed by atoms with Crippen molar-refractivity contribution >= 4 is 0 Å². The number of hydrogen-bond donors (Lipinski definition) is 1. The molecule has 4 atom stereocenters. The molecule has 0 amide bonds. The molecule has 3 N–H and O–H groups in total. The molecular formula is C8H17O4+. The largest absolute Gasteiger partial charge is 0.421 e. The van der Waals surface area contributed by atoms with Gasteiger partial charge < -0.3 is 19.7 Å². The van der Waals surface area contributed by atoms with Gasteiger partial charge in [-0.3, -0.25) is 0 Å². The van der Waals surface area contributed by atoms with E-state index in [-0.39, 0.29) is 6.10 Å². The molecule has 1 aliphatic heterocycles. The minimum absolute atomic E-state index is 0.328. The predicted octanol–water partition coefficient (Wildman–Crippen LogP) is -0.388. The fraction of sp³-hybridized carbons (Fsp3) is 1.00. The molecule has 2 unspecified atom stereocenters. The highest BCUT2D eigenvalue weighted by atomic mass is 16.6. The van der Waals surface area contributed by atoms with Crippen molar-refractivity contribution in [2.75, 3.05) is 7.11 Å². The maximum atomic E-state index is 9.68. The third kappa shape index (κ3) is 1.61. The fourth-order valence-corrected chi connectivity index (χ4v) is 1.57. The number of aliphatic hydroxyl groups is 1. The molecule has 4 heteroatoms. The van der Waals surface area contributed by atoms with E-state index in [4.69, 9.17) is 14.6 Å². The molecule has 1 heterocycles. The van der Waals surface area contributed by atoms with Crippen LogP contribution < -0.4 is 0 Å². The van der Waals surface area contributed by atoms with E-state index in [1.54, 1.807) is 21.0 Å². The molecule has 1 aliphatic rings. The van der Waals surface area contributed by atoms with Crippen LogP contribution in [-0.4, -0.2) is 41.4 Å². The van der Waals surface area contributed by atoms with Crippen LogP contribution in [0.2, 0.25) is 0 Å². The molecule has 1 fully saturated rings. The fourth-order valence-electron chi connectivity index (χ4n) is 1.57. The molecule has 1 rings (SSSR count). The first-order valence-corrected chi connectivity index (χ1v) is 4.09. The molecule has 0 bridgehead atoms. The zero-order chi connectivity index (χ0) is 9.35. The summed E-state index contributed by atoms with van der Waals surface area (Å²) >= 11 is 0. The molecule has 0 spiro atoms. The van der Waals surface area contributed by atoms with E-state index in [1.165, 1.54) is 0 Å². The quantitative estimate of drug-likeness (QED) is 0.555. The summed E-state index contributed by atoms with van der Waals surface area (Å²) in [6.45, 7) is 3.56. The van der Waals surface area contributed by atoms with Gasteiger partial charge >= 0.3 is 0 Å². The van der Waals surface area contributed by atoms with E-state index in [0.29, 0.717) is 6.42 Å². The van der Waals surface area contributed by atoms with Crippen LogP contribution in [0.3, 0.4) is 0 Å². The summed E-state index contributed by atoms with van der Waals surface area (Å²) in [4.78, 5) is 0. The summed E-state index contributed by atoms with van der Waals surface area (Å²) in [6, 6.07) is 0. The molecule has 0 saturated carbocycles. The normalized spacial score (nSPS) is 49.2. The van der Waals surface area contributed by atoms with Crippen LogP contribution in [0.1, 0.15) is 20.3 Å². The van der Waals surface area contributed by atoms with Crippen LogP contribution in [-0.2, 0) is 9.47 Å². The SMILES string of the molecule is COC1(C)C[C@H]([OH2+])OC(C)[C@@H]1O. The smallest absolute Gasteiger partial charge is 0.266 e. The number of hydrogen-bond acceptors (Lipinski definition) is 3. The zero-order valence-corrected chi connectivity index (χ0v) is 7.70. The maximum absolute atomic E-state index is 9.68. The molecule has 0 aromatic carbocycles. The number of methoxy groups -OCH3 is 1. The molecule has 1 saturated heterocycles. The van der Waals surface area contributed by atoms with Gasteiger partial charge in [-0.25, -0.2) is 0 Å². The van der Waals surface area contributed by atoms with Gasteiger partial charge in [0.1, 0.15) is 11.7 Å². The second-order valence-corrected chi connectivity index (χ2v) is 3.50. The lowest BCUT2D eigenvalue weighted by molar-refractivity contribution is -0.263. The van der Waals surface area contributed by atoms with Crippen molar-refractivity contribution in [2.45, 2.75) is 44.4 Å². The third-order valence-corrected chi connectivity index (χ3v) is 2.51. The summed E-state index contributed by atoms with van der Waals surface area (Å²) < 4.78 is 10.3. The predicted molar refractivity (Wildman–Crippen MR) is 44.0 cm³/mol. The van der Waals surface area contributed by atoms with Crippen molar-refractivity contribution in [2.24, 2.45) is 0 Å². The van der Waals surface area contributed by atoms with Gasteiger partial charge in [-0.1, -0.05) is 0 Å². The van der Waals surface area contributed by atoms with E-state index in [2.05, 4.69) is 0 Å². The summed E-state index contributed by atoms with van der Waals surface area (Å²) in [5, 5.41) is 17.1. The number of aliphatic hydroxyl groups excluding tert-OH is 1. The first-order valence-electron chi connectivity index (χ1n) is 4.09. The van der Waals surface area contributed by atoms with E-state index >= 15 is 0 Å². The number of ether oxygens (including phenoxy) is 2. The van der Waals surface area contributed by atoms with Crippen molar-refractivity contribution in [3.05, 3.63) is 0 Å². The Bertz CT molecular complexity index is 161. The zero-order valence-electron chi connectivity index (χ0n) is 7.70. The summed E-state index contributed by atoms with van der Waals surface area (Å²) in [5.74, 6) is 0. The highest BCUT2D eigenvalue weighted by Crippen LogP contribution is 2.30. The van der Waals surface area contributed by atoms with Gasteiger partial charge in [0.25, 0.3) is 6.29 Å². The molecule has 0 aromatic rings. The Morgan fingerprint density at radius 2 is 2.25 bits per heavy atom. The Kier molecular flexibility index (Phi) is 2.73. The minimum atomic E-state index is -0.649. The van der Waals surface area contributed by atoms with Crippen molar-refractivity contribution in [3.8, 4) is 0 Å². The van der Waals surface area contributed by atoms with Crippen LogP contribution in [0.5, 0.6) is 0 Å². The molecule has 12 heavy (non-hydrogen) atoms. The summed E-state index contributed by atoms with van der Waals surface area (Å²) in [5.41, 5.74) is -0.635. The first-order chi connectivity index (χ1) is 5.49. The lowest BCUT2D eigenvalue weighted by Gasteiger charge is -2.40. The Labute approximate surface area is 72.1 Å². The van der Waals surface area contributed by atoms with Crippen molar-refractivity contribution in [1.82, 2.24) is 0 Å². The van der Waals surface area contributed by atoms with E-state index in [9.17, 15) is 5.11 Å². The topological polar surface area (TPSA) is 61.6 Å². The first kappa shape index (κ1) is 9.92. The molecular weight excluding hydrogens is 160 g/mol. The average molecular weight is 177 g/mol. The second kappa shape index (κ2) is 3.30. The van der Waals surface area contributed by atoms with Crippen molar-refractivity contribution in [3.63, 3.8) is 0 Å². The second-order valence-electron chi connectivity index (χ2n) is 3.50. The Morgan fingerprint density at radius 1 is 1.67 bits per heavy atom. The Morgan fingerprint density at radius 3 is 2.75 bits per heavy atom. The lowest BCUT2D eigenvalue weighted by atomic mass is 9.89. The monoisotopic (exact) mass is 177 g/mol. The van der Waals surface area contributed by atoms with Crippen LogP contribution in [0.15, 0.2) is 0 Å². The summed E-state index contributed by atoms with van der Waals surface area (Å²) in [7, 11) is 1.55. The average Bonchev–Trinajstić information content (AvgIpc) is 2.00. The van der Waals surface area contributed by atoms with Crippen molar-refractivity contribution < 1.29 is 19.7 Å². The van der Waals surface area contributed by atoms with E-state index < -0.39 is 18.0 Å². The van der Waals surface area contributed by atoms with Crippen LogP contribution in [0, 0.1) is 0 Å². The third-order valence-electron chi connectivity index (χ3n) is 2.51. The van der Waals surface area contributed by atoms with Crippen LogP contribution in [0.4, 0.5) is 0 Å². The van der Waals surface area contributed by atoms with Gasteiger partial charge in [0.15, 0.2) is 0 Å². The van der Waals surface area contributed by atoms with E-state index in [1.807, 2.05) is 0 Å². The summed E-state index contributed by atoms with van der Waals surface area (Å²) in [6.07, 6.45) is -1.15. The molecule has 0 radical (unpaired) electrons. The minimum Gasteiger partial charge on any atom is -0.421 e. The van der Waals surface area contributed by atoms with Gasteiger partial charge in [-0.2, -0.15) is 0 Å². The van der Waals surface area contributed by atoms with Gasteiger partial charge in [0, 0.05) is 7.11 Å². The van der Waals surface area contributed by atoms with Crippen LogP contribution >= 0.6 is 0 Å².